The summed E-state index contributed by atoms with van der Waals surface area (Å²) in [6.45, 7) is 6.28. The number of nitrogens with one attached hydrogen (secondary N) is 1. The summed E-state index contributed by atoms with van der Waals surface area (Å²) in [5.41, 5.74) is 3.24. The van der Waals surface area contributed by atoms with Crippen LogP contribution in [0, 0.1) is 13.8 Å². The quantitative estimate of drug-likeness (QED) is 0.752. The van der Waals surface area contributed by atoms with E-state index in [0.717, 1.165) is 33.0 Å². The van der Waals surface area contributed by atoms with Gasteiger partial charge in [0.1, 0.15) is 12.3 Å². The molecule has 0 bridgehead atoms. The molecule has 1 N–H and O–H groups in total. The van der Waals surface area contributed by atoms with Gasteiger partial charge in [-0.05, 0) is 61.7 Å². The first kappa shape index (κ1) is 20.8. The Labute approximate surface area is 161 Å². The van der Waals surface area contributed by atoms with Crippen molar-refractivity contribution in [2.75, 3.05) is 23.7 Å². The van der Waals surface area contributed by atoms with Crippen molar-refractivity contribution in [1.29, 1.82) is 0 Å². The maximum absolute atomic E-state index is 12.4. The minimum atomic E-state index is -3.59. The standard InChI is InChI=1S/C20H26N2O4S/c1-5-26-19-8-6-7-17(12-19)13-21-20(23)14-22(27(4,24)25)18-10-15(2)9-16(3)11-18/h6-12H,5,13-14H2,1-4H3,(H,21,23). The second-order valence-electron chi connectivity index (χ2n) is 6.47. The maximum Gasteiger partial charge on any atom is 0.241 e. The maximum atomic E-state index is 12.4. The van der Waals surface area contributed by atoms with E-state index in [1.807, 2.05) is 51.1 Å². The van der Waals surface area contributed by atoms with Crippen LogP contribution in [0.2, 0.25) is 0 Å². The highest BCUT2D eigenvalue weighted by atomic mass is 32.2. The average Bonchev–Trinajstić information content (AvgIpc) is 2.56. The molecule has 0 aliphatic carbocycles. The minimum Gasteiger partial charge on any atom is -0.494 e. The average molecular weight is 391 g/mol. The van der Waals surface area contributed by atoms with Crippen LogP contribution in [0.4, 0.5) is 5.69 Å². The van der Waals surface area contributed by atoms with Crippen molar-refractivity contribution in [2.45, 2.75) is 27.3 Å². The topological polar surface area (TPSA) is 75.7 Å². The van der Waals surface area contributed by atoms with Gasteiger partial charge in [0.25, 0.3) is 0 Å². The predicted octanol–water partition coefficient (Wildman–Crippen LogP) is 2.78. The highest BCUT2D eigenvalue weighted by Gasteiger charge is 2.21. The Bertz CT molecular complexity index is 890. The molecule has 6 nitrogen and oxygen atoms in total. The molecule has 0 aliphatic heterocycles. The summed E-state index contributed by atoms with van der Waals surface area (Å²) in [5, 5.41) is 2.77. The van der Waals surface area contributed by atoms with Crippen molar-refractivity contribution in [1.82, 2.24) is 5.32 Å². The largest absolute Gasteiger partial charge is 0.494 e. The van der Waals surface area contributed by atoms with Crippen LogP contribution in [0.1, 0.15) is 23.6 Å². The molecule has 0 radical (unpaired) electrons. The van der Waals surface area contributed by atoms with Crippen molar-refractivity contribution in [3.8, 4) is 5.75 Å². The Morgan fingerprint density at radius 3 is 2.37 bits per heavy atom. The summed E-state index contributed by atoms with van der Waals surface area (Å²) in [6.07, 6.45) is 1.10. The Morgan fingerprint density at radius 1 is 1.11 bits per heavy atom. The van der Waals surface area contributed by atoms with Gasteiger partial charge in [0.15, 0.2) is 0 Å². The first-order valence-corrected chi connectivity index (χ1v) is 10.6. The van der Waals surface area contributed by atoms with Crippen LogP contribution >= 0.6 is 0 Å². The molecular formula is C20H26N2O4S. The number of anilines is 1. The lowest BCUT2D eigenvalue weighted by molar-refractivity contribution is -0.119. The number of sulfonamides is 1. The number of ether oxygens (including phenoxy) is 1. The number of carbonyl (C=O) groups is 1. The highest BCUT2D eigenvalue weighted by molar-refractivity contribution is 7.92. The molecule has 0 heterocycles. The molecular weight excluding hydrogens is 364 g/mol. The van der Waals surface area contributed by atoms with Gasteiger partial charge in [0.05, 0.1) is 18.6 Å². The zero-order valence-corrected chi connectivity index (χ0v) is 17.0. The van der Waals surface area contributed by atoms with Gasteiger partial charge >= 0.3 is 0 Å². The van der Waals surface area contributed by atoms with E-state index in [2.05, 4.69) is 5.32 Å². The smallest absolute Gasteiger partial charge is 0.241 e. The fraction of sp³-hybridized carbons (Fsp3) is 0.350. The van der Waals surface area contributed by atoms with Gasteiger partial charge in [0, 0.05) is 6.54 Å². The van der Waals surface area contributed by atoms with E-state index in [1.165, 1.54) is 0 Å². The van der Waals surface area contributed by atoms with E-state index in [4.69, 9.17) is 4.74 Å². The van der Waals surface area contributed by atoms with Gasteiger partial charge in [-0.1, -0.05) is 18.2 Å². The highest BCUT2D eigenvalue weighted by Crippen LogP contribution is 2.21. The molecule has 1 amide bonds. The van der Waals surface area contributed by atoms with Gasteiger partial charge in [-0.15, -0.1) is 0 Å². The third kappa shape index (κ3) is 6.29. The van der Waals surface area contributed by atoms with Crippen LogP contribution in [0.25, 0.3) is 0 Å². The van der Waals surface area contributed by atoms with Crippen LogP contribution in [0.5, 0.6) is 5.75 Å². The summed E-state index contributed by atoms with van der Waals surface area (Å²) in [6, 6.07) is 12.9. The number of nitrogens with zero attached hydrogens (tertiary/aromatic N) is 1. The van der Waals surface area contributed by atoms with Gasteiger partial charge in [0.2, 0.25) is 15.9 Å². The molecule has 0 unspecified atom stereocenters. The van der Waals surface area contributed by atoms with Crippen LogP contribution in [-0.2, 0) is 21.4 Å². The SMILES string of the molecule is CCOc1cccc(CNC(=O)CN(c2cc(C)cc(C)c2)S(C)(=O)=O)c1. The van der Waals surface area contributed by atoms with Crippen LogP contribution in [0.15, 0.2) is 42.5 Å². The molecule has 2 aromatic carbocycles. The third-order valence-electron chi connectivity index (χ3n) is 3.88. The zero-order valence-electron chi connectivity index (χ0n) is 16.2. The number of aryl methyl sites for hydroxylation is 2. The molecule has 0 aliphatic rings. The molecule has 2 rings (SSSR count). The van der Waals surface area contributed by atoms with Crippen molar-refractivity contribution in [2.24, 2.45) is 0 Å². The van der Waals surface area contributed by atoms with Crippen molar-refractivity contribution < 1.29 is 17.9 Å². The second-order valence-corrected chi connectivity index (χ2v) is 8.38. The molecule has 0 saturated heterocycles. The normalized spacial score (nSPS) is 11.1. The Hall–Kier alpha value is -2.54. The zero-order chi connectivity index (χ0) is 20.0. The van der Waals surface area contributed by atoms with E-state index in [9.17, 15) is 13.2 Å². The van der Waals surface area contributed by atoms with E-state index >= 15 is 0 Å². The summed E-state index contributed by atoms with van der Waals surface area (Å²) in [7, 11) is -3.59. The van der Waals surface area contributed by atoms with E-state index in [0.29, 0.717) is 18.8 Å². The van der Waals surface area contributed by atoms with E-state index in [-0.39, 0.29) is 12.5 Å². The van der Waals surface area contributed by atoms with Gasteiger partial charge in [-0.2, -0.15) is 0 Å². The van der Waals surface area contributed by atoms with Crippen molar-refractivity contribution >= 4 is 21.6 Å². The Kier molecular flexibility index (Phi) is 6.85. The second kappa shape index (κ2) is 8.90. The van der Waals surface area contributed by atoms with Crippen LogP contribution < -0.4 is 14.4 Å². The van der Waals surface area contributed by atoms with Gasteiger partial charge in [-0.25, -0.2) is 8.42 Å². The molecule has 0 fully saturated rings. The molecule has 2 aromatic rings. The lowest BCUT2D eigenvalue weighted by Crippen LogP contribution is -2.40. The number of hydrogen-bond acceptors (Lipinski definition) is 4. The summed E-state index contributed by atoms with van der Waals surface area (Å²) >= 11 is 0. The molecule has 146 valence electrons. The molecule has 27 heavy (non-hydrogen) atoms. The molecule has 0 atom stereocenters. The number of hydrogen-bond donors (Lipinski definition) is 1. The van der Waals surface area contributed by atoms with Crippen molar-refractivity contribution in [3.05, 3.63) is 59.2 Å². The number of benzene rings is 2. The monoisotopic (exact) mass is 390 g/mol. The molecule has 0 spiro atoms. The Balaban J connectivity index is 2.09. The number of amides is 1. The van der Waals surface area contributed by atoms with E-state index in [1.54, 1.807) is 12.1 Å². The van der Waals surface area contributed by atoms with E-state index < -0.39 is 10.0 Å². The van der Waals surface area contributed by atoms with Crippen LogP contribution in [-0.4, -0.2) is 33.7 Å². The predicted molar refractivity (Wildman–Crippen MR) is 108 cm³/mol. The first-order valence-electron chi connectivity index (χ1n) is 8.73. The number of carbonyl (C=O) groups excluding carboxylic acids is 1. The van der Waals surface area contributed by atoms with Gasteiger partial charge < -0.3 is 10.1 Å². The summed E-state index contributed by atoms with van der Waals surface area (Å²) in [5.74, 6) is 0.360. The fourth-order valence-corrected chi connectivity index (χ4v) is 3.63. The third-order valence-corrected chi connectivity index (χ3v) is 5.02. The Morgan fingerprint density at radius 2 is 1.78 bits per heavy atom. The summed E-state index contributed by atoms with van der Waals surface area (Å²) < 4.78 is 31.0. The van der Waals surface area contributed by atoms with Gasteiger partial charge in [-0.3, -0.25) is 9.10 Å². The lowest BCUT2D eigenvalue weighted by Gasteiger charge is -2.23. The number of rotatable bonds is 8. The summed E-state index contributed by atoms with van der Waals surface area (Å²) in [4.78, 5) is 12.4. The minimum absolute atomic E-state index is 0.271. The molecule has 0 aromatic heterocycles. The molecule has 0 saturated carbocycles. The first-order chi connectivity index (χ1) is 12.7. The van der Waals surface area contributed by atoms with Crippen molar-refractivity contribution in [3.63, 3.8) is 0 Å². The van der Waals surface area contributed by atoms with Crippen LogP contribution in [0.3, 0.4) is 0 Å². The fourth-order valence-electron chi connectivity index (χ4n) is 2.79. The molecule has 7 heteroatoms. The lowest BCUT2D eigenvalue weighted by atomic mass is 10.1.